The van der Waals surface area contributed by atoms with Crippen molar-refractivity contribution in [1.82, 2.24) is 39.9 Å². The standard InChI is InChI=1S/C53H59FN10O7/c1-3-31-6-4-7-32-23-38(65)24-40(44(31)32)46-45(54)47-41(25-55-46)48(62-27-34-8-9-35(28-62)56-34)58-51(57-47)71-30-53-15-5-17-64(53)37(14-16-53)29-70-52(69)61-20-18-60(19-21-61)36-10-11-39-33(22-36)26-63(49(39)67)42-12-13-43(66)59(2)50(42)68/h4,6-7,10-11,22-25,34-35,37,42,56,65H,3,5,8-9,12-21,26-30H2,1-2H3/t34?,35?,37-,42?,53-/m1/s1. The van der Waals surface area contributed by atoms with Crippen LogP contribution in [0.25, 0.3) is 32.9 Å². The van der Waals surface area contributed by atoms with Gasteiger partial charge in [0.1, 0.15) is 42.0 Å². The van der Waals surface area contributed by atoms with E-state index in [1.165, 1.54) is 7.05 Å². The molecule has 0 spiro atoms. The Bertz CT molecular complexity index is 2990. The number of aromatic nitrogens is 3. The molecule has 5 aromatic rings. The summed E-state index contributed by atoms with van der Waals surface area (Å²) in [5, 5.41) is 16.7. The van der Waals surface area contributed by atoms with Gasteiger partial charge in [0.25, 0.3) is 11.8 Å². The molecule has 7 aliphatic heterocycles. The molecule has 6 saturated heterocycles. The van der Waals surface area contributed by atoms with Gasteiger partial charge in [-0.05, 0) is 110 Å². The average Bonchev–Trinajstić information content (AvgIpc) is 4.14. The van der Waals surface area contributed by atoms with Crippen molar-refractivity contribution >= 4 is 57.0 Å². The molecule has 2 N–H and O–H groups in total. The molecule has 5 atom stereocenters. The van der Waals surface area contributed by atoms with Crippen LogP contribution in [0.5, 0.6) is 11.8 Å². The molecular weight excluding hydrogens is 908 g/mol. The van der Waals surface area contributed by atoms with E-state index in [1.807, 2.05) is 36.4 Å². The van der Waals surface area contributed by atoms with Crippen LogP contribution >= 0.6 is 0 Å². The summed E-state index contributed by atoms with van der Waals surface area (Å²) in [4.78, 5) is 77.7. The van der Waals surface area contributed by atoms with Crippen molar-refractivity contribution in [2.75, 3.05) is 75.9 Å². The minimum absolute atomic E-state index is 0.0189. The molecule has 2 bridgehead atoms. The van der Waals surface area contributed by atoms with Gasteiger partial charge in [-0.3, -0.25) is 29.2 Å². The Morgan fingerprint density at radius 3 is 2.55 bits per heavy atom. The maximum atomic E-state index is 17.3. The number of likely N-dealkylation sites (N-methyl/N-ethyl adjacent to an activating group) is 1. The summed E-state index contributed by atoms with van der Waals surface area (Å²) < 4.78 is 29.9. The Morgan fingerprint density at radius 2 is 1.75 bits per heavy atom. The van der Waals surface area contributed by atoms with E-state index < -0.39 is 11.9 Å². The van der Waals surface area contributed by atoms with E-state index >= 15 is 4.39 Å². The number of carbonyl (C=O) groups excluding carboxylic acids is 4. The quantitative estimate of drug-likeness (QED) is 0.165. The molecule has 6 fully saturated rings. The van der Waals surface area contributed by atoms with Crippen molar-refractivity contribution in [3.05, 3.63) is 77.2 Å². The maximum absolute atomic E-state index is 17.3. The molecule has 0 aliphatic carbocycles. The largest absolute Gasteiger partial charge is 0.508 e. The Hall–Kier alpha value is -6.66. The van der Waals surface area contributed by atoms with Gasteiger partial charge in [0, 0.05) is 100 Å². The van der Waals surface area contributed by atoms with Crippen LogP contribution in [0.1, 0.15) is 79.8 Å². The van der Waals surface area contributed by atoms with E-state index in [-0.39, 0.29) is 71.4 Å². The van der Waals surface area contributed by atoms with Gasteiger partial charge < -0.3 is 39.5 Å². The second-order valence-electron chi connectivity index (χ2n) is 20.6. The number of rotatable bonds is 10. The van der Waals surface area contributed by atoms with E-state index in [4.69, 9.17) is 24.4 Å². The summed E-state index contributed by atoms with van der Waals surface area (Å²) in [6, 6.07) is 15.0. The number of carbonyl (C=O) groups is 4. The molecule has 3 unspecified atom stereocenters. The summed E-state index contributed by atoms with van der Waals surface area (Å²) in [6.45, 7) is 7.38. The van der Waals surface area contributed by atoms with Crippen LogP contribution in [0.2, 0.25) is 0 Å². The SMILES string of the molecule is CCc1cccc2cc(O)cc(-c3ncc4c(N5CC6CCC(C5)N6)nc(OC[C@]56CCCN5[C@@H](COC(=O)N5CCN(c7ccc8c(c7)CN(C7CCC(=O)N(C)C7=O)C8=O)CC5)CC6)nc4c3F)c12. The number of halogens is 1. The third-order valence-electron chi connectivity index (χ3n) is 16.6. The lowest BCUT2D eigenvalue weighted by molar-refractivity contribution is -0.150. The summed E-state index contributed by atoms with van der Waals surface area (Å²) in [6.07, 6.45) is 8.30. The number of phenols is 1. The molecular formula is C53H59FN10O7. The zero-order chi connectivity index (χ0) is 48.7. The number of piperidine rings is 1. The number of phenolic OH excluding ortho intramolecular Hbond substituents is 1. The van der Waals surface area contributed by atoms with Crippen molar-refractivity contribution in [2.24, 2.45) is 0 Å². The van der Waals surface area contributed by atoms with Crippen molar-refractivity contribution in [3.63, 3.8) is 0 Å². The number of amides is 4. The highest BCUT2D eigenvalue weighted by Gasteiger charge is 2.50. The fourth-order valence-corrected chi connectivity index (χ4v) is 12.8. The van der Waals surface area contributed by atoms with Gasteiger partial charge in [-0.15, -0.1) is 0 Å². The lowest BCUT2D eigenvalue weighted by Gasteiger charge is -2.37. The van der Waals surface area contributed by atoms with Gasteiger partial charge in [-0.25, -0.2) is 9.18 Å². The minimum Gasteiger partial charge on any atom is -0.508 e. The summed E-state index contributed by atoms with van der Waals surface area (Å²) >= 11 is 0. The van der Waals surface area contributed by atoms with E-state index in [2.05, 4.69) is 26.9 Å². The van der Waals surface area contributed by atoms with Crippen molar-refractivity contribution in [2.45, 2.75) is 101 Å². The van der Waals surface area contributed by atoms with E-state index in [9.17, 15) is 24.3 Å². The molecule has 2 aromatic heterocycles. The van der Waals surface area contributed by atoms with Crippen molar-refractivity contribution in [1.29, 1.82) is 0 Å². The molecule has 7 aliphatic rings. The number of nitrogens with one attached hydrogen (secondary N) is 1. The van der Waals surface area contributed by atoms with Gasteiger partial charge in [0.15, 0.2) is 5.82 Å². The van der Waals surface area contributed by atoms with E-state index in [1.54, 1.807) is 28.1 Å². The lowest BCUT2D eigenvalue weighted by atomic mass is 9.95. The highest BCUT2D eigenvalue weighted by atomic mass is 19.1. The maximum Gasteiger partial charge on any atom is 0.409 e. The molecule has 9 heterocycles. The zero-order valence-corrected chi connectivity index (χ0v) is 40.2. The smallest absolute Gasteiger partial charge is 0.409 e. The average molecular weight is 967 g/mol. The number of hydrogen-bond acceptors (Lipinski definition) is 14. The summed E-state index contributed by atoms with van der Waals surface area (Å²) in [7, 11) is 1.47. The molecule has 370 valence electrons. The highest BCUT2D eigenvalue weighted by molar-refractivity contribution is 6.06. The number of ether oxygens (including phenoxy) is 2. The number of hydrogen-bond donors (Lipinski definition) is 2. The number of pyridine rings is 1. The number of piperazine rings is 2. The van der Waals surface area contributed by atoms with E-state index in [0.29, 0.717) is 80.2 Å². The molecule has 71 heavy (non-hydrogen) atoms. The first-order chi connectivity index (χ1) is 34.4. The van der Waals surface area contributed by atoms with Gasteiger partial charge in [-0.2, -0.15) is 9.97 Å². The number of aromatic hydroxyl groups is 1. The number of likely N-dealkylation sites (tertiary alicyclic amines) is 1. The number of aryl methyl sites for hydroxylation is 1. The van der Waals surface area contributed by atoms with Crippen LogP contribution in [-0.4, -0.2) is 159 Å². The van der Waals surface area contributed by atoms with Crippen LogP contribution in [-0.2, 0) is 27.3 Å². The van der Waals surface area contributed by atoms with Crippen molar-refractivity contribution in [3.8, 4) is 23.0 Å². The molecule has 3 aromatic carbocycles. The predicted molar refractivity (Wildman–Crippen MR) is 263 cm³/mol. The molecule has 12 rings (SSSR count). The first-order valence-corrected chi connectivity index (χ1v) is 25.4. The van der Waals surface area contributed by atoms with Crippen LogP contribution in [0, 0.1) is 5.82 Å². The van der Waals surface area contributed by atoms with Gasteiger partial charge in [0.2, 0.25) is 5.91 Å². The van der Waals surface area contributed by atoms with Crippen LogP contribution < -0.4 is 19.9 Å². The highest BCUT2D eigenvalue weighted by Crippen LogP contribution is 2.44. The van der Waals surface area contributed by atoms with Gasteiger partial charge in [0.05, 0.1) is 10.9 Å². The Kier molecular flexibility index (Phi) is 11.5. The topological polar surface area (TPSA) is 177 Å². The molecule has 4 amide bonds. The third kappa shape index (κ3) is 7.93. The van der Waals surface area contributed by atoms with Crippen LogP contribution in [0.3, 0.4) is 0 Å². The molecule has 17 nitrogen and oxygen atoms in total. The molecule has 18 heteroatoms. The van der Waals surface area contributed by atoms with E-state index in [0.717, 1.165) is 97.1 Å². The summed E-state index contributed by atoms with van der Waals surface area (Å²) in [5.74, 6) is -0.719. The third-order valence-corrected chi connectivity index (χ3v) is 16.6. The number of nitrogens with zero attached hydrogens (tertiary/aromatic N) is 9. The molecule has 0 saturated carbocycles. The Labute approximate surface area is 410 Å². The number of anilines is 2. The molecule has 0 radical (unpaired) electrons. The van der Waals surface area contributed by atoms with Crippen molar-refractivity contribution < 1.29 is 38.1 Å². The predicted octanol–water partition coefficient (Wildman–Crippen LogP) is 5.63. The number of benzene rings is 3. The second-order valence-corrected chi connectivity index (χ2v) is 20.6. The van der Waals surface area contributed by atoms with Crippen LogP contribution in [0.4, 0.5) is 20.7 Å². The fraction of sp³-hybridized carbons (Fsp3) is 0.491. The zero-order valence-electron chi connectivity index (χ0n) is 40.2. The lowest BCUT2D eigenvalue weighted by Crippen LogP contribution is -2.53. The van der Waals surface area contributed by atoms with Crippen LogP contribution in [0.15, 0.2) is 54.7 Å². The first-order valence-electron chi connectivity index (χ1n) is 25.4. The number of fused-ring (bicyclic) bond motifs is 6. The number of imide groups is 1. The summed E-state index contributed by atoms with van der Waals surface area (Å²) in [5.41, 5.74) is 3.84. The second kappa shape index (κ2) is 17.9. The fourth-order valence-electron chi connectivity index (χ4n) is 12.8. The Balaban J connectivity index is 0.714. The monoisotopic (exact) mass is 966 g/mol. The minimum atomic E-state index is -0.652. The Morgan fingerprint density at radius 1 is 0.930 bits per heavy atom. The normalized spacial score (nSPS) is 25.5. The van der Waals surface area contributed by atoms with Gasteiger partial charge in [-0.1, -0.05) is 25.1 Å². The van der Waals surface area contributed by atoms with Gasteiger partial charge >= 0.3 is 12.1 Å². The first kappa shape index (κ1) is 45.5.